The third-order valence-electron chi connectivity index (χ3n) is 10.8. The van der Waals surface area contributed by atoms with Crippen LogP contribution in [0.3, 0.4) is 0 Å². The van der Waals surface area contributed by atoms with Crippen molar-refractivity contribution in [3.8, 4) is 23.0 Å². The number of ether oxygens (including phenoxy) is 4. The minimum Gasteiger partial charge on any atom is -0.493 e. The van der Waals surface area contributed by atoms with E-state index < -0.39 is 0 Å². The first-order chi connectivity index (χ1) is 24.6. The van der Waals surface area contributed by atoms with Crippen LogP contribution in [0.25, 0.3) is 0 Å². The number of aryl methyl sites for hydroxylation is 2. The summed E-state index contributed by atoms with van der Waals surface area (Å²) in [6.07, 6.45) is 35.4. The standard InChI is InChI=1S/C46H78O4/c1-7-9-11-13-14-15-16-17-18-19-20-23-29-34-41-37-38-42(46(50-6)45(41)49-5)39(31-26-22-12-10-8-2)32-27-24-21-25-28-33-40-35-30-36-43(47-3)44(40)48-4/h30,35-39H,7-29,31-34H2,1-6H3/t39-/m1/s1. The molecule has 4 heteroatoms. The Hall–Kier alpha value is -2.36. The van der Waals surface area contributed by atoms with Crippen LogP contribution in [0.2, 0.25) is 0 Å². The lowest BCUT2D eigenvalue weighted by atomic mass is 9.86. The average molecular weight is 695 g/mol. The van der Waals surface area contributed by atoms with Gasteiger partial charge in [0.05, 0.1) is 28.4 Å². The lowest BCUT2D eigenvalue weighted by molar-refractivity contribution is 0.342. The van der Waals surface area contributed by atoms with E-state index in [-0.39, 0.29) is 0 Å². The zero-order valence-corrected chi connectivity index (χ0v) is 33.7. The molecule has 0 heterocycles. The monoisotopic (exact) mass is 695 g/mol. The Morgan fingerprint density at radius 2 is 0.820 bits per heavy atom. The van der Waals surface area contributed by atoms with Crippen LogP contribution in [0.15, 0.2) is 30.3 Å². The van der Waals surface area contributed by atoms with E-state index in [1.165, 1.54) is 177 Å². The van der Waals surface area contributed by atoms with Crippen LogP contribution in [-0.4, -0.2) is 28.4 Å². The van der Waals surface area contributed by atoms with Gasteiger partial charge in [-0.15, -0.1) is 0 Å². The molecule has 0 radical (unpaired) electrons. The first-order valence-electron chi connectivity index (χ1n) is 21.1. The average Bonchev–Trinajstić information content (AvgIpc) is 3.14. The zero-order chi connectivity index (χ0) is 36.1. The number of hydrogen-bond donors (Lipinski definition) is 0. The van der Waals surface area contributed by atoms with Gasteiger partial charge in [-0.2, -0.15) is 0 Å². The minimum atomic E-state index is 0.520. The topological polar surface area (TPSA) is 36.9 Å². The molecule has 0 N–H and O–H groups in total. The van der Waals surface area contributed by atoms with Crippen LogP contribution in [0, 0.1) is 0 Å². The molecule has 0 amide bonds. The molecule has 0 unspecified atom stereocenters. The van der Waals surface area contributed by atoms with Gasteiger partial charge in [0.1, 0.15) is 0 Å². The van der Waals surface area contributed by atoms with Gasteiger partial charge in [-0.25, -0.2) is 0 Å². The van der Waals surface area contributed by atoms with Crippen molar-refractivity contribution >= 4 is 0 Å². The highest BCUT2D eigenvalue weighted by molar-refractivity contribution is 5.53. The van der Waals surface area contributed by atoms with E-state index in [9.17, 15) is 0 Å². The predicted molar refractivity (Wildman–Crippen MR) is 216 cm³/mol. The van der Waals surface area contributed by atoms with Gasteiger partial charge in [0.25, 0.3) is 0 Å². The Morgan fingerprint density at radius 1 is 0.400 bits per heavy atom. The molecule has 50 heavy (non-hydrogen) atoms. The Morgan fingerprint density at radius 3 is 1.26 bits per heavy atom. The molecule has 4 nitrogen and oxygen atoms in total. The van der Waals surface area contributed by atoms with Gasteiger partial charge >= 0.3 is 0 Å². The zero-order valence-electron chi connectivity index (χ0n) is 33.7. The number of para-hydroxylation sites is 1. The number of hydrogen-bond acceptors (Lipinski definition) is 4. The lowest BCUT2D eigenvalue weighted by Gasteiger charge is -2.23. The van der Waals surface area contributed by atoms with Gasteiger partial charge in [-0.05, 0) is 61.6 Å². The maximum atomic E-state index is 6.15. The van der Waals surface area contributed by atoms with E-state index in [1.54, 1.807) is 14.2 Å². The highest BCUT2D eigenvalue weighted by atomic mass is 16.5. The molecule has 0 aliphatic carbocycles. The summed E-state index contributed by atoms with van der Waals surface area (Å²) in [7, 11) is 7.11. The normalized spacial score (nSPS) is 11.9. The van der Waals surface area contributed by atoms with E-state index in [0.717, 1.165) is 35.8 Å². The van der Waals surface area contributed by atoms with Gasteiger partial charge in [-0.3, -0.25) is 0 Å². The van der Waals surface area contributed by atoms with E-state index in [0.29, 0.717) is 5.92 Å². The molecule has 1 atom stereocenters. The fraction of sp³-hybridized carbons (Fsp3) is 0.739. The Labute approximate surface area is 309 Å². The number of methoxy groups -OCH3 is 4. The number of benzene rings is 2. The maximum absolute atomic E-state index is 6.15. The second-order valence-corrected chi connectivity index (χ2v) is 14.7. The Bertz CT molecular complexity index is 1100. The van der Waals surface area contributed by atoms with Crippen LogP contribution < -0.4 is 18.9 Å². The highest BCUT2D eigenvalue weighted by Crippen LogP contribution is 2.42. The molecule has 0 spiro atoms. The number of rotatable bonds is 33. The Balaban J connectivity index is 1.85. The van der Waals surface area contributed by atoms with Crippen molar-refractivity contribution in [2.75, 3.05) is 28.4 Å². The number of unbranched alkanes of at least 4 members (excludes halogenated alkanes) is 20. The quantitative estimate of drug-likeness (QED) is 0.0697. The van der Waals surface area contributed by atoms with E-state index in [1.807, 2.05) is 20.3 Å². The molecular weight excluding hydrogens is 617 g/mol. The van der Waals surface area contributed by atoms with E-state index in [2.05, 4.69) is 38.1 Å². The van der Waals surface area contributed by atoms with Crippen LogP contribution in [-0.2, 0) is 12.8 Å². The molecule has 0 fully saturated rings. The summed E-state index contributed by atoms with van der Waals surface area (Å²) in [5.41, 5.74) is 3.91. The van der Waals surface area contributed by atoms with E-state index >= 15 is 0 Å². The van der Waals surface area contributed by atoms with Crippen molar-refractivity contribution in [3.05, 3.63) is 47.0 Å². The summed E-state index contributed by atoms with van der Waals surface area (Å²) >= 11 is 0. The van der Waals surface area contributed by atoms with Gasteiger partial charge in [0.2, 0.25) is 0 Å². The summed E-state index contributed by atoms with van der Waals surface area (Å²) in [6, 6.07) is 10.9. The largest absolute Gasteiger partial charge is 0.493 e. The summed E-state index contributed by atoms with van der Waals surface area (Å²) in [4.78, 5) is 0. The highest BCUT2D eigenvalue weighted by Gasteiger charge is 2.21. The van der Waals surface area contributed by atoms with Crippen LogP contribution >= 0.6 is 0 Å². The van der Waals surface area contributed by atoms with E-state index in [4.69, 9.17) is 18.9 Å². The van der Waals surface area contributed by atoms with Crippen molar-refractivity contribution < 1.29 is 18.9 Å². The summed E-state index contributed by atoms with van der Waals surface area (Å²) < 4.78 is 23.4. The first-order valence-corrected chi connectivity index (χ1v) is 21.1. The van der Waals surface area contributed by atoms with Crippen LogP contribution in [0.4, 0.5) is 0 Å². The molecular formula is C46H78O4. The van der Waals surface area contributed by atoms with Crippen molar-refractivity contribution in [3.63, 3.8) is 0 Å². The molecule has 2 rings (SSSR count). The van der Waals surface area contributed by atoms with Crippen molar-refractivity contribution in [2.45, 2.75) is 193 Å². The molecule has 0 aliphatic rings. The van der Waals surface area contributed by atoms with Gasteiger partial charge in [-0.1, -0.05) is 173 Å². The fourth-order valence-electron chi connectivity index (χ4n) is 7.74. The van der Waals surface area contributed by atoms with Crippen molar-refractivity contribution in [1.82, 2.24) is 0 Å². The van der Waals surface area contributed by atoms with Gasteiger partial charge < -0.3 is 18.9 Å². The van der Waals surface area contributed by atoms with Crippen molar-refractivity contribution in [1.29, 1.82) is 0 Å². The first kappa shape index (κ1) is 43.8. The lowest BCUT2D eigenvalue weighted by Crippen LogP contribution is -2.06. The van der Waals surface area contributed by atoms with Gasteiger partial charge in [0.15, 0.2) is 23.0 Å². The summed E-state index contributed by atoms with van der Waals surface area (Å²) in [6.45, 7) is 4.60. The predicted octanol–water partition coefficient (Wildman–Crippen LogP) is 14.4. The molecule has 0 saturated heterocycles. The summed E-state index contributed by atoms with van der Waals surface area (Å²) in [5, 5.41) is 0. The third kappa shape index (κ3) is 17.2. The molecule has 0 bridgehead atoms. The maximum Gasteiger partial charge on any atom is 0.164 e. The summed E-state index contributed by atoms with van der Waals surface area (Å²) in [5.74, 6) is 4.20. The Kier molecular flexibility index (Phi) is 25.6. The van der Waals surface area contributed by atoms with Gasteiger partial charge in [0, 0.05) is 5.56 Å². The SMILES string of the molecule is CCCCCCCCCCCCCCCc1ccc([C@H](CCCCCCC)CCCCCCCc2cccc(OC)c2OC)c(OC)c1OC. The fourth-order valence-corrected chi connectivity index (χ4v) is 7.74. The van der Waals surface area contributed by atoms with Crippen molar-refractivity contribution in [2.24, 2.45) is 0 Å². The molecule has 2 aromatic rings. The smallest absolute Gasteiger partial charge is 0.164 e. The van der Waals surface area contributed by atoms with Crippen LogP contribution in [0.5, 0.6) is 23.0 Å². The second kappa shape index (κ2) is 29.2. The molecule has 286 valence electrons. The molecule has 0 aromatic heterocycles. The molecule has 0 saturated carbocycles. The molecule has 2 aromatic carbocycles. The molecule has 0 aliphatic heterocycles. The third-order valence-corrected chi connectivity index (χ3v) is 10.8. The minimum absolute atomic E-state index is 0.520. The van der Waals surface area contributed by atoms with Crippen LogP contribution in [0.1, 0.15) is 197 Å². The second-order valence-electron chi connectivity index (χ2n) is 14.7.